The van der Waals surface area contributed by atoms with Gasteiger partial charge in [-0.15, -0.1) is 0 Å². The number of nitrogens with two attached hydrogens (primary N) is 1. The van der Waals surface area contributed by atoms with Crippen molar-refractivity contribution in [1.29, 1.82) is 0 Å². The van der Waals surface area contributed by atoms with Gasteiger partial charge in [-0.25, -0.2) is 4.39 Å². The van der Waals surface area contributed by atoms with E-state index in [4.69, 9.17) is 17.3 Å². The van der Waals surface area contributed by atoms with E-state index >= 15 is 0 Å². The number of aromatic nitrogens is 1. The lowest BCUT2D eigenvalue weighted by Crippen LogP contribution is -2.14. The number of fused-ring (bicyclic) bond motifs is 1. The minimum Gasteiger partial charge on any atom is -0.320 e. The van der Waals surface area contributed by atoms with Gasteiger partial charge in [-0.1, -0.05) is 35.9 Å². The van der Waals surface area contributed by atoms with Crippen LogP contribution in [-0.2, 0) is 0 Å². The number of benzene rings is 2. The Morgan fingerprint density at radius 1 is 1.05 bits per heavy atom. The van der Waals surface area contributed by atoms with Crippen LogP contribution in [0.25, 0.3) is 10.9 Å². The van der Waals surface area contributed by atoms with Gasteiger partial charge in [0.05, 0.1) is 11.6 Å². The van der Waals surface area contributed by atoms with E-state index in [2.05, 4.69) is 4.98 Å². The van der Waals surface area contributed by atoms with Crippen LogP contribution in [0.15, 0.2) is 54.7 Å². The predicted octanol–water partition coefficient (Wildman–Crippen LogP) is 4.08. The van der Waals surface area contributed by atoms with Gasteiger partial charge in [0.2, 0.25) is 0 Å². The molecule has 2 aromatic carbocycles. The van der Waals surface area contributed by atoms with E-state index in [-0.39, 0.29) is 5.82 Å². The third-order valence-corrected chi connectivity index (χ3v) is 3.53. The Kier molecular flexibility index (Phi) is 3.38. The average Bonchev–Trinajstić information content (AvgIpc) is 2.48. The molecule has 20 heavy (non-hydrogen) atoms. The Hall–Kier alpha value is -1.97. The molecule has 0 aliphatic heterocycles. The van der Waals surface area contributed by atoms with Crippen molar-refractivity contribution < 1.29 is 4.39 Å². The number of hydrogen-bond acceptors (Lipinski definition) is 2. The van der Waals surface area contributed by atoms with Crippen molar-refractivity contribution in [2.75, 3.05) is 0 Å². The first kappa shape index (κ1) is 13.0. The minimum absolute atomic E-state index is 0.366. The molecule has 2 nitrogen and oxygen atoms in total. The number of rotatable bonds is 2. The van der Waals surface area contributed by atoms with Crippen molar-refractivity contribution in [3.05, 3.63) is 76.7 Å². The van der Waals surface area contributed by atoms with E-state index in [0.717, 1.165) is 16.5 Å². The van der Waals surface area contributed by atoms with Crippen LogP contribution in [0.4, 0.5) is 4.39 Å². The van der Waals surface area contributed by atoms with E-state index in [0.29, 0.717) is 10.6 Å². The molecule has 0 aliphatic carbocycles. The second-order valence-corrected chi connectivity index (χ2v) is 5.00. The van der Waals surface area contributed by atoms with Crippen LogP contribution < -0.4 is 5.73 Å². The molecule has 0 saturated carbocycles. The maximum absolute atomic E-state index is 13.9. The first-order valence-electron chi connectivity index (χ1n) is 6.21. The van der Waals surface area contributed by atoms with E-state index in [1.807, 2.05) is 30.3 Å². The maximum Gasteiger partial charge on any atom is 0.128 e. The van der Waals surface area contributed by atoms with Crippen LogP contribution in [0.5, 0.6) is 0 Å². The van der Waals surface area contributed by atoms with Gasteiger partial charge in [-0.2, -0.15) is 0 Å². The fraction of sp³-hybridized carbons (Fsp3) is 0.0625. The maximum atomic E-state index is 13.9. The summed E-state index contributed by atoms with van der Waals surface area (Å²) in [6, 6.07) is 13.3. The fourth-order valence-corrected chi connectivity index (χ4v) is 2.48. The lowest BCUT2D eigenvalue weighted by Gasteiger charge is -2.15. The largest absolute Gasteiger partial charge is 0.320 e. The summed E-state index contributed by atoms with van der Waals surface area (Å²) >= 11 is 5.93. The molecule has 1 aromatic heterocycles. The molecule has 0 fully saturated rings. The zero-order valence-electron chi connectivity index (χ0n) is 10.6. The van der Waals surface area contributed by atoms with Crippen molar-refractivity contribution in [2.24, 2.45) is 5.73 Å². The number of pyridine rings is 1. The summed E-state index contributed by atoms with van der Waals surface area (Å²) in [5, 5.41) is 1.44. The molecule has 0 radical (unpaired) electrons. The summed E-state index contributed by atoms with van der Waals surface area (Å²) in [6.45, 7) is 0. The summed E-state index contributed by atoms with van der Waals surface area (Å²) in [7, 11) is 0. The molecule has 2 N–H and O–H groups in total. The minimum atomic E-state index is -0.604. The van der Waals surface area contributed by atoms with E-state index in [9.17, 15) is 4.39 Å². The number of hydrogen-bond donors (Lipinski definition) is 1. The summed E-state index contributed by atoms with van der Waals surface area (Å²) in [4.78, 5) is 4.34. The Bertz CT molecular complexity index is 768. The molecule has 4 heteroatoms. The van der Waals surface area contributed by atoms with Gasteiger partial charge in [0, 0.05) is 22.2 Å². The smallest absolute Gasteiger partial charge is 0.128 e. The van der Waals surface area contributed by atoms with Gasteiger partial charge in [-0.3, -0.25) is 4.98 Å². The van der Waals surface area contributed by atoms with Gasteiger partial charge in [-0.05, 0) is 29.8 Å². The third-order valence-electron chi connectivity index (χ3n) is 3.29. The lowest BCUT2D eigenvalue weighted by atomic mass is 9.97. The van der Waals surface area contributed by atoms with Crippen LogP contribution in [0, 0.1) is 5.82 Å². The molecule has 0 amide bonds. The van der Waals surface area contributed by atoms with Crippen LogP contribution in [0.1, 0.15) is 17.2 Å². The summed E-state index contributed by atoms with van der Waals surface area (Å²) in [5.74, 6) is -0.366. The monoisotopic (exact) mass is 286 g/mol. The molecule has 0 spiro atoms. The lowest BCUT2D eigenvalue weighted by molar-refractivity contribution is 0.600. The first-order chi connectivity index (χ1) is 9.66. The Morgan fingerprint density at radius 2 is 1.85 bits per heavy atom. The van der Waals surface area contributed by atoms with Crippen molar-refractivity contribution in [2.45, 2.75) is 6.04 Å². The quantitative estimate of drug-likeness (QED) is 0.771. The number of halogens is 2. The molecule has 0 bridgehead atoms. The van der Waals surface area contributed by atoms with Crippen molar-refractivity contribution >= 4 is 22.5 Å². The third kappa shape index (κ3) is 2.26. The Balaban J connectivity index is 2.17. The molecule has 0 saturated heterocycles. The number of para-hydroxylation sites is 1. The second kappa shape index (κ2) is 5.19. The second-order valence-electron chi connectivity index (χ2n) is 4.57. The summed E-state index contributed by atoms with van der Waals surface area (Å²) in [5.41, 5.74) is 8.15. The molecular weight excluding hydrogens is 275 g/mol. The van der Waals surface area contributed by atoms with Gasteiger partial charge >= 0.3 is 0 Å². The highest BCUT2D eigenvalue weighted by Gasteiger charge is 2.16. The normalized spacial score (nSPS) is 12.6. The topological polar surface area (TPSA) is 38.9 Å². The van der Waals surface area contributed by atoms with E-state index < -0.39 is 6.04 Å². The van der Waals surface area contributed by atoms with Crippen LogP contribution in [0.3, 0.4) is 0 Å². The van der Waals surface area contributed by atoms with Crippen molar-refractivity contribution in [1.82, 2.24) is 4.98 Å². The molecule has 1 heterocycles. The molecular formula is C16H12ClFN2. The van der Waals surface area contributed by atoms with Crippen LogP contribution in [0.2, 0.25) is 5.02 Å². The average molecular weight is 287 g/mol. The van der Waals surface area contributed by atoms with Crippen LogP contribution >= 0.6 is 11.6 Å². The van der Waals surface area contributed by atoms with Crippen molar-refractivity contribution in [3.63, 3.8) is 0 Å². The molecule has 3 rings (SSSR count). The predicted molar refractivity (Wildman–Crippen MR) is 79.2 cm³/mol. The van der Waals surface area contributed by atoms with E-state index in [1.165, 1.54) is 12.1 Å². The summed E-state index contributed by atoms with van der Waals surface area (Å²) < 4.78 is 13.9. The van der Waals surface area contributed by atoms with Gasteiger partial charge < -0.3 is 5.73 Å². The highest BCUT2D eigenvalue weighted by atomic mass is 35.5. The molecule has 3 aromatic rings. The van der Waals surface area contributed by atoms with Gasteiger partial charge in [0.25, 0.3) is 0 Å². The standard InChI is InChI=1S/C16H12ClFN2/c17-11-6-7-14(18)13(9-11)15(19)12-5-1-3-10-4-2-8-20-16(10)12/h1-9,15H,19H2. The zero-order valence-corrected chi connectivity index (χ0v) is 11.3. The molecule has 1 atom stereocenters. The highest BCUT2D eigenvalue weighted by Crippen LogP contribution is 2.28. The van der Waals surface area contributed by atoms with E-state index in [1.54, 1.807) is 12.3 Å². The molecule has 100 valence electrons. The SMILES string of the molecule is NC(c1cc(Cl)ccc1F)c1cccc2cccnc12. The Morgan fingerprint density at radius 3 is 2.70 bits per heavy atom. The highest BCUT2D eigenvalue weighted by molar-refractivity contribution is 6.30. The number of nitrogens with zero attached hydrogens (tertiary/aromatic N) is 1. The first-order valence-corrected chi connectivity index (χ1v) is 6.59. The molecule has 0 aliphatic rings. The van der Waals surface area contributed by atoms with Gasteiger partial charge in [0.1, 0.15) is 5.82 Å². The Labute approximate surface area is 121 Å². The van der Waals surface area contributed by atoms with Gasteiger partial charge in [0.15, 0.2) is 0 Å². The fourth-order valence-electron chi connectivity index (χ4n) is 2.30. The zero-order chi connectivity index (χ0) is 14.1. The molecule has 1 unspecified atom stereocenters. The van der Waals surface area contributed by atoms with Crippen molar-refractivity contribution in [3.8, 4) is 0 Å². The summed E-state index contributed by atoms with van der Waals surface area (Å²) in [6.07, 6.45) is 1.70. The van der Waals surface area contributed by atoms with Crippen LogP contribution in [-0.4, -0.2) is 4.98 Å².